The zero-order chi connectivity index (χ0) is 19.6. The molecule has 5 nitrogen and oxygen atoms in total. The highest BCUT2D eigenvalue weighted by atomic mass is 35.5. The first-order valence-corrected chi connectivity index (χ1v) is 9.49. The summed E-state index contributed by atoms with van der Waals surface area (Å²) in [6, 6.07) is 11.5. The van der Waals surface area contributed by atoms with E-state index in [1.165, 1.54) is 0 Å². The number of hydrogen-bond donors (Lipinski definition) is 4. The van der Waals surface area contributed by atoms with Crippen molar-refractivity contribution in [3.05, 3.63) is 58.1 Å². The SMILES string of the molecule is NCc1ccc(-c2cc3c(cc2Cl)CC(CCCB(O)O)C3C(=O)O)cc1. The van der Waals surface area contributed by atoms with Gasteiger partial charge >= 0.3 is 13.1 Å². The largest absolute Gasteiger partial charge is 0.481 e. The van der Waals surface area contributed by atoms with Crippen LogP contribution in [-0.4, -0.2) is 28.2 Å². The molecule has 0 radical (unpaired) electrons. The first kappa shape index (κ1) is 19.9. The van der Waals surface area contributed by atoms with E-state index >= 15 is 0 Å². The molecule has 0 saturated heterocycles. The molecular weight excluding hydrogens is 364 g/mol. The third-order valence-corrected chi connectivity index (χ3v) is 5.63. The summed E-state index contributed by atoms with van der Waals surface area (Å²) in [5.41, 5.74) is 10.2. The number of rotatable bonds is 7. The van der Waals surface area contributed by atoms with Crippen molar-refractivity contribution < 1.29 is 19.9 Å². The van der Waals surface area contributed by atoms with Gasteiger partial charge in [0.05, 0.1) is 5.92 Å². The Morgan fingerprint density at radius 3 is 2.52 bits per heavy atom. The van der Waals surface area contributed by atoms with Crippen molar-refractivity contribution in [3.63, 3.8) is 0 Å². The van der Waals surface area contributed by atoms with E-state index in [1.807, 2.05) is 36.4 Å². The fourth-order valence-corrected chi connectivity index (χ4v) is 4.25. The summed E-state index contributed by atoms with van der Waals surface area (Å²) in [6.07, 6.45) is 2.08. The molecule has 27 heavy (non-hydrogen) atoms. The predicted octanol–water partition coefficient (Wildman–Crippen LogP) is 3.06. The van der Waals surface area contributed by atoms with Gasteiger partial charge in [-0.3, -0.25) is 4.79 Å². The van der Waals surface area contributed by atoms with Crippen LogP contribution in [0.25, 0.3) is 11.1 Å². The first-order valence-electron chi connectivity index (χ1n) is 9.11. The second-order valence-electron chi connectivity index (χ2n) is 7.12. The third kappa shape index (κ3) is 4.35. The zero-order valence-corrected chi connectivity index (χ0v) is 15.7. The van der Waals surface area contributed by atoms with Crippen molar-refractivity contribution >= 4 is 24.7 Å². The number of hydrogen-bond acceptors (Lipinski definition) is 4. The topological polar surface area (TPSA) is 104 Å². The molecule has 3 rings (SSSR count). The average molecular weight is 388 g/mol. The Bertz CT molecular complexity index is 825. The van der Waals surface area contributed by atoms with Crippen LogP contribution in [-0.2, 0) is 17.8 Å². The molecule has 1 aliphatic rings. The maximum atomic E-state index is 11.9. The smallest absolute Gasteiger partial charge is 0.451 e. The minimum atomic E-state index is -1.35. The maximum absolute atomic E-state index is 11.9. The molecule has 0 amide bonds. The number of carboxylic acids is 1. The normalized spacial score (nSPS) is 18.4. The van der Waals surface area contributed by atoms with E-state index in [0.717, 1.165) is 27.8 Å². The van der Waals surface area contributed by atoms with E-state index in [2.05, 4.69) is 0 Å². The number of nitrogens with two attached hydrogens (primary N) is 1. The molecule has 2 aromatic carbocycles. The van der Waals surface area contributed by atoms with Crippen molar-refractivity contribution in [3.8, 4) is 11.1 Å². The minimum Gasteiger partial charge on any atom is -0.481 e. The molecule has 0 aliphatic heterocycles. The van der Waals surface area contributed by atoms with Gasteiger partial charge in [-0.1, -0.05) is 42.3 Å². The van der Waals surface area contributed by atoms with Crippen LogP contribution in [0, 0.1) is 5.92 Å². The Morgan fingerprint density at radius 1 is 1.22 bits per heavy atom. The lowest BCUT2D eigenvalue weighted by Crippen LogP contribution is -2.18. The van der Waals surface area contributed by atoms with Crippen molar-refractivity contribution in [2.45, 2.75) is 38.0 Å². The molecule has 1 aliphatic carbocycles. The molecule has 0 bridgehead atoms. The molecule has 0 fully saturated rings. The Hall–Kier alpha value is -1.86. The number of carboxylic acid groups (broad SMARTS) is 1. The van der Waals surface area contributed by atoms with Gasteiger partial charge in [0.15, 0.2) is 0 Å². The first-order chi connectivity index (χ1) is 12.9. The summed E-state index contributed by atoms with van der Waals surface area (Å²) in [4.78, 5) is 11.9. The quantitative estimate of drug-likeness (QED) is 0.547. The molecule has 5 N–H and O–H groups in total. The standard InChI is InChI=1S/C20H23BClNO4/c22-18-9-15-8-14(2-1-7-21(26)27)19(20(24)25)17(15)10-16(18)13-5-3-12(11-23)4-6-13/h3-6,9-10,14,19,26-27H,1-2,7-8,11,23H2,(H,24,25). The fraction of sp³-hybridized carbons (Fsp3) is 0.350. The summed E-state index contributed by atoms with van der Waals surface area (Å²) >= 11 is 6.50. The van der Waals surface area contributed by atoms with Crippen LogP contribution in [0.4, 0.5) is 0 Å². The second-order valence-corrected chi connectivity index (χ2v) is 7.53. The van der Waals surface area contributed by atoms with Gasteiger partial charge < -0.3 is 20.9 Å². The van der Waals surface area contributed by atoms with Gasteiger partial charge in [-0.05, 0) is 59.5 Å². The van der Waals surface area contributed by atoms with Crippen LogP contribution in [0.5, 0.6) is 0 Å². The molecule has 142 valence electrons. The van der Waals surface area contributed by atoms with Gasteiger partial charge in [0, 0.05) is 17.1 Å². The van der Waals surface area contributed by atoms with Gasteiger partial charge in [-0.2, -0.15) is 0 Å². The lowest BCUT2D eigenvalue weighted by atomic mass is 9.80. The summed E-state index contributed by atoms with van der Waals surface area (Å²) < 4.78 is 0. The van der Waals surface area contributed by atoms with Crippen molar-refractivity contribution in [1.29, 1.82) is 0 Å². The summed E-state index contributed by atoms with van der Waals surface area (Å²) in [6.45, 7) is 0.462. The number of fused-ring (bicyclic) bond motifs is 1. The molecular formula is C20H23BClNO4. The Kier molecular flexibility index (Phi) is 6.22. The van der Waals surface area contributed by atoms with Crippen molar-refractivity contribution in [1.82, 2.24) is 0 Å². The number of halogens is 1. The van der Waals surface area contributed by atoms with Crippen LogP contribution in [0.15, 0.2) is 36.4 Å². The molecule has 0 aromatic heterocycles. The molecule has 2 aromatic rings. The highest BCUT2D eigenvalue weighted by Crippen LogP contribution is 2.44. The Labute approximate surface area is 163 Å². The van der Waals surface area contributed by atoms with Gasteiger partial charge in [-0.15, -0.1) is 0 Å². The number of carbonyl (C=O) groups is 1. The number of aliphatic carboxylic acids is 1. The van der Waals surface area contributed by atoms with Crippen LogP contribution in [0.3, 0.4) is 0 Å². The molecule has 0 heterocycles. The van der Waals surface area contributed by atoms with Crippen LogP contribution >= 0.6 is 11.6 Å². The lowest BCUT2D eigenvalue weighted by molar-refractivity contribution is -0.139. The van der Waals surface area contributed by atoms with Crippen molar-refractivity contribution in [2.24, 2.45) is 11.7 Å². The monoisotopic (exact) mass is 387 g/mol. The third-order valence-electron chi connectivity index (χ3n) is 5.32. The minimum absolute atomic E-state index is 0.0674. The second kappa shape index (κ2) is 8.44. The van der Waals surface area contributed by atoms with Crippen LogP contribution in [0.1, 0.15) is 35.4 Å². The molecule has 0 saturated carbocycles. The zero-order valence-electron chi connectivity index (χ0n) is 14.9. The van der Waals surface area contributed by atoms with E-state index in [9.17, 15) is 9.90 Å². The maximum Gasteiger partial charge on any atom is 0.451 e. The van der Waals surface area contributed by atoms with Crippen LogP contribution in [0.2, 0.25) is 11.3 Å². The average Bonchev–Trinajstić information content (AvgIpc) is 2.98. The highest BCUT2D eigenvalue weighted by Gasteiger charge is 2.38. The lowest BCUT2D eigenvalue weighted by Gasteiger charge is -2.17. The van der Waals surface area contributed by atoms with E-state index in [-0.39, 0.29) is 12.2 Å². The van der Waals surface area contributed by atoms with Gasteiger partial charge in [0.25, 0.3) is 0 Å². The van der Waals surface area contributed by atoms with Gasteiger partial charge in [0.1, 0.15) is 0 Å². The molecule has 7 heteroatoms. The summed E-state index contributed by atoms with van der Waals surface area (Å²) in [5.74, 6) is -1.52. The van der Waals surface area contributed by atoms with Gasteiger partial charge in [0.2, 0.25) is 0 Å². The van der Waals surface area contributed by atoms with Crippen molar-refractivity contribution in [2.75, 3.05) is 0 Å². The van der Waals surface area contributed by atoms with E-state index in [0.29, 0.717) is 30.8 Å². The Balaban J connectivity index is 1.91. The summed E-state index contributed by atoms with van der Waals surface area (Å²) in [5, 5.41) is 28.4. The predicted molar refractivity (Wildman–Crippen MR) is 107 cm³/mol. The Morgan fingerprint density at radius 2 is 1.93 bits per heavy atom. The molecule has 0 spiro atoms. The van der Waals surface area contributed by atoms with E-state index in [4.69, 9.17) is 27.4 Å². The van der Waals surface area contributed by atoms with E-state index in [1.54, 1.807) is 0 Å². The summed E-state index contributed by atoms with van der Waals surface area (Å²) in [7, 11) is -1.35. The van der Waals surface area contributed by atoms with E-state index < -0.39 is 19.0 Å². The fourth-order valence-electron chi connectivity index (χ4n) is 3.96. The highest BCUT2D eigenvalue weighted by molar-refractivity contribution is 6.40. The van der Waals surface area contributed by atoms with Crippen LogP contribution < -0.4 is 5.73 Å². The molecule has 2 atom stereocenters. The van der Waals surface area contributed by atoms with Gasteiger partial charge in [-0.25, -0.2) is 0 Å². The number of benzene rings is 2. The molecule has 2 unspecified atom stereocenters.